The third-order valence-electron chi connectivity index (χ3n) is 5.73. The lowest BCUT2D eigenvalue weighted by molar-refractivity contribution is 0.302. The van der Waals surface area contributed by atoms with E-state index in [1.54, 1.807) is 29.3 Å². The van der Waals surface area contributed by atoms with Gasteiger partial charge in [-0.15, -0.1) is 0 Å². The molecule has 4 heterocycles. The van der Waals surface area contributed by atoms with Gasteiger partial charge in [0.15, 0.2) is 5.65 Å². The molecule has 0 aromatic carbocycles. The van der Waals surface area contributed by atoms with E-state index < -0.39 is 10.0 Å². The van der Waals surface area contributed by atoms with Crippen LogP contribution in [-0.4, -0.2) is 75.7 Å². The van der Waals surface area contributed by atoms with Gasteiger partial charge in [-0.3, -0.25) is 4.68 Å². The standard InChI is InChI=1S/C21H30N8O2S/c1-15(2)29(16(3)4)32(30,31)17-6-7-19(22-12-17)27-8-10-28(11-9-27)21-18-13-25-26(5)20(18)23-14-24-21/h6-7,12-16H,8-11H2,1-5H3. The van der Waals surface area contributed by atoms with Gasteiger partial charge in [-0.05, 0) is 39.8 Å². The summed E-state index contributed by atoms with van der Waals surface area (Å²) in [6.07, 6.45) is 4.85. The van der Waals surface area contributed by atoms with Crippen molar-refractivity contribution in [3.05, 3.63) is 30.9 Å². The van der Waals surface area contributed by atoms with Gasteiger partial charge in [-0.1, -0.05) is 0 Å². The van der Waals surface area contributed by atoms with Gasteiger partial charge in [0, 0.05) is 51.5 Å². The Morgan fingerprint density at radius 1 is 0.906 bits per heavy atom. The molecule has 1 aliphatic rings. The molecule has 1 aliphatic heterocycles. The van der Waals surface area contributed by atoms with Crippen LogP contribution in [-0.2, 0) is 17.1 Å². The number of nitrogens with zero attached hydrogens (tertiary/aromatic N) is 8. The van der Waals surface area contributed by atoms with E-state index >= 15 is 0 Å². The zero-order chi connectivity index (χ0) is 23.0. The van der Waals surface area contributed by atoms with Gasteiger partial charge in [0.2, 0.25) is 10.0 Å². The lowest BCUT2D eigenvalue weighted by Crippen LogP contribution is -2.47. The highest BCUT2D eigenvalue weighted by molar-refractivity contribution is 7.89. The highest BCUT2D eigenvalue weighted by atomic mass is 32.2. The minimum atomic E-state index is -3.59. The molecule has 3 aromatic heterocycles. The lowest BCUT2D eigenvalue weighted by Gasteiger charge is -2.36. The first kappa shape index (κ1) is 22.4. The van der Waals surface area contributed by atoms with Crippen LogP contribution in [0.1, 0.15) is 27.7 Å². The molecule has 0 unspecified atom stereocenters. The van der Waals surface area contributed by atoms with E-state index in [4.69, 9.17) is 0 Å². The molecular formula is C21H30N8O2S. The van der Waals surface area contributed by atoms with E-state index in [2.05, 4.69) is 29.9 Å². The molecule has 0 spiro atoms. The van der Waals surface area contributed by atoms with Crippen molar-refractivity contribution in [2.75, 3.05) is 36.0 Å². The van der Waals surface area contributed by atoms with Crippen molar-refractivity contribution >= 4 is 32.7 Å². The van der Waals surface area contributed by atoms with Crippen molar-refractivity contribution in [3.63, 3.8) is 0 Å². The number of fused-ring (bicyclic) bond motifs is 1. The summed E-state index contributed by atoms with van der Waals surface area (Å²) in [6, 6.07) is 3.21. The zero-order valence-electron chi connectivity index (χ0n) is 19.2. The molecule has 10 nitrogen and oxygen atoms in total. The van der Waals surface area contributed by atoms with E-state index in [0.29, 0.717) is 0 Å². The fourth-order valence-corrected chi connectivity index (χ4v) is 6.11. The van der Waals surface area contributed by atoms with Gasteiger partial charge in [-0.25, -0.2) is 23.4 Å². The number of aryl methyl sites for hydroxylation is 1. The smallest absolute Gasteiger partial charge is 0.245 e. The van der Waals surface area contributed by atoms with Gasteiger partial charge >= 0.3 is 0 Å². The minimum Gasteiger partial charge on any atom is -0.353 e. The van der Waals surface area contributed by atoms with Crippen molar-refractivity contribution in [2.24, 2.45) is 7.05 Å². The van der Waals surface area contributed by atoms with Gasteiger partial charge < -0.3 is 9.80 Å². The largest absolute Gasteiger partial charge is 0.353 e. The molecule has 1 saturated heterocycles. The number of hydrogen-bond donors (Lipinski definition) is 0. The van der Waals surface area contributed by atoms with Crippen LogP contribution in [0.2, 0.25) is 0 Å². The Bertz CT molecular complexity index is 1170. The summed E-state index contributed by atoms with van der Waals surface area (Å²) in [5, 5.41) is 5.23. The normalized spacial score (nSPS) is 15.5. The topological polar surface area (TPSA) is 100 Å². The van der Waals surface area contributed by atoms with Gasteiger partial charge in [0.25, 0.3) is 0 Å². The Morgan fingerprint density at radius 2 is 1.56 bits per heavy atom. The maximum atomic E-state index is 13.1. The highest BCUT2D eigenvalue weighted by Gasteiger charge is 2.30. The van der Waals surface area contributed by atoms with Gasteiger partial charge in [0.05, 0.1) is 11.6 Å². The number of piperazine rings is 1. The number of sulfonamides is 1. The second kappa shape index (κ2) is 8.62. The van der Waals surface area contributed by atoms with Crippen LogP contribution >= 0.6 is 0 Å². The van der Waals surface area contributed by atoms with Crippen LogP contribution in [0.15, 0.2) is 35.7 Å². The molecule has 0 atom stereocenters. The summed E-state index contributed by atoms with van der Waals surface area (Å²) in [5.74, 6) is 1.66. The van der Waals surface area contributed by atoms with Crippen molar-refractivity contribution in [3.8, 4) is 0 Å². The Labute approximate surface area is 188 Å². The van der Waals surface area contributed by atoms with Crippen LogP contribution < -0.4 is 9.80 Å². The zero-order valence-corrected chi connectivity index (χ0v) is 20.0. The lowest BCUT2D eigenvalue weighted by atomic mass is 10.2. The van der Waals surface area contributed by atoms with Crippen LogP contribution in [0.25, 0.3) is 11.0 Å². The molecule has 4 rings (SSSR count). The Balaban J connectivity index is 1.47. The Hall–Kier alpha value is -2.79. The van der Waals surface area contributed by atoms with Crippen LogP contribution in [0.4, 0.5) is 11.6 Å². The summed E-state index contributed by atoms with van der Waals surface area (Å²) >= 11 is 0. The molecular weight excluding hydrogens is 428 g/mol. The molecule has 0 aliphatic carbocycles. The third kappa shape index (κ3) is 4.02. The van der Waals surface area contributed by atoms with Gasteiger partial charge in [0.1, 0.15) is 22.9 Å². The van der Waals surface area contributed by atoms with E-state index in [1.807, 2.05) is 34.7 Å². The maximum Gasteiger partial charge on any atom is 0.245 e. The molecule has 0 N–H and O–H groups in total. The number of rotatable bonds is 6. The van der Waals surface area contributed by atoms with E-state index in [9.17, 15) is 8.42 Å². The first-order valence-electron chi connectivity index (χ1n) is 10.8. The fourth-order valence-electron chi connectivity index (χ4n) is 4.33. The van der Waals surface area contributed by atoms with Crippen molar-refractivity contribution in [1.29, 1.82) is 0 Å². The molecule has 3 aromatic rings. The second-order valence-corrected chi connectivity index (χ2v) is 10.4. The third-order valence-corrected chi connectivity index (χ3v) is 7.96. The molecule has 32 heavy (non-hydrogen) atoms. The quantitative estimate of drug-likeness (QED) is 0.552. The van der Waals surface area contributed by atoms with Crippen molar-refractivity contribution < 1.29 is 8.42 Å². The first-order chi connectivity index (χ1) is 15.2. The summed E-state index contributed by atoms with van der Waals surface area (Å²) < 4.78 is 29.4. The number of anilines is 2. The molecule has 0 bridgehead atoms. The fraction of sp³-hybridized carbons (Fsp3) is 0.524. The molecule has 172 valence electrons. The van der Waals surface area contributed by atoms with Crippen molar-refractivity contribution in [1.82, 2.24) is 29.0 Å². The number of hydrogen-bond acceptors (Lipinski definition) is 8. The predicted octanol–water partition coefficient (Wildman–Crippen LogP) is 1.89. The van der Waals surface area contributed by atoms with Gasteiger partial charge in [-0.2, -0.15) is 9.40 Å². The van der Waals surface area contributed by atoms with E-state index in [-0.39, 0.29) is 17.0 Å². The molecule has 0 radical (unpaired) electrons. The molecule has 1 fully saturated rings. The van der Waals surface area contributed by atoms with Crippen LogP contribution in [0, 0.1) is 0 Å². The Morgan fingerprint density at radius 3 is 2.16 bits per heavy atom. The van der Waals surface area contributed by atoms with Crippen LogP contribution in [0.3, 0.4) is 0 Å². The average Bonchev–Trinajstić information content (AvgIpc) is 3.14. The maximum absolute atomic E-state index is 13.1. The van der Waals surface area contributed by atoms with E-state index in [1.165, 1.54) is 10.5 Å². The highest BCUT2D eigenvalue weighted by Crippen LogP contribution is 2.25. The Kier molecular flexibility index (Phi) is 6.04. The van der Waals surface area contributed by atoms with Crippen molar-refractivity contribution in [2.45, 2.75) is 44.7 Å². The minimum absolute atomic E-state index is 0.124. The SMILES string of the molecule is CC(C)N(C(C)C)S(=O)(=O)c1ccc(N2CCN(c3ncnc4c3cnn4C)CC2)nc1. The number of aromatic nitrogens is 5. The van der Waals surface area contributed by atoms with E-state index in [0.717, 1.165) is 48.8 Å². The summed E-state index contributed by atoms with van der Waals surface area (Å²) in [4.78, 5) is 17.9. The first-order valence-corrected chi connectivity index (χ1v) is 12.3. The molecule has 0 amide bonds. The monoisotopic (exact) mass is 458 g/mol. The molecule has 0 saturated carbocycles. The average molecular weight is 459 g/mol. The summed E-state index contributed by atoms with van der Waals surface area (Å²) in [7, 11) is -1.72. The summed E-state index contributed by atoms with van der Waals surface area (Å²) in [6.45, 7) is 10.6. The van der Waals surface area contributed by atoms with Crippen LogP contribution in [0.5, 0.6) is 0 Å². The predicted molar refractivity (Wildman–Crippen MR) is 124 cm³/mol. The summed E-state index contributed by atoms with van der Waals surface area (Å²) in [5.41, 5.74) is 0.813. The second-order valence-electron chi connectivity index (χ2n) is 8.55. The number of pyridine rings is 1. The molecule has 11 heteroatoms.